The van der Waals surface area contributed by atoms with E-state index in [1.807, 2.05) is 18.2 Å². The highest BCUT2D eigenvalue weighted by Crippen LogP contribution is 2.41. The summed E-state index contributed by atoms with van der Waals surface area (Å²) in [7, 11) is 3.23. The maximum absolute atomic E-state index is 12.6. The zero-order valence-electron chi connectivity index (χ0n) is 13.5. The molecule has 1 aliphatic heterocycles. The summed E-state index contributed by atoms with van der Waals surface area (Å²) in [5, 5.41) is 4.46. The largest absolute Gasteiger partial charge is 0.497 e. The number of methoxy groups -OCH3 is 2. The van der Waals surface area contributed by atoms with Gasteiger partial charge in [0, 0.05) is 18.1 Å². The molecule has 2 aliphatic rings. The van der Waals surface area contributed by atoms with E-state index in [1.54, 1.807) is 14.2 Å². The fraction of sp³-hybridized carbons (Fsp3) is 0.529. The van der Waals surface area contributed by atoms with Crippen LogP contribution in [0.2, 0.25) is 0 Å². The van der Waals surface area contributed by atoms with Crippen LogP contribution in [-0.4, -0.2) is 31.8 Å². The van der Waals surface area contributed by atoms with Crippen molar-refractivity contribution >= 4 is 11.5 Å². The van der Waals surface area contributed by atoms with Crippen LogP contribution in [0.4, 0.5) is 0 Å². The fourth-order valence-electron chi connectivity index (χ4n) is 3.51. The zero-order valence-corrected chi connectivity index (χ0v) is 13.5. The van der Waals surface area contributed by atoms with E-state index < -0.39 is 0 Å². The molecule has 2 atom stereocenters. The van der Waals surface area contributed by atoms with E-state index >= 15 is 0 Å². The highest BCUT2D eigenvalue weighted by atomic mass is 16.5. The highest BCUT2D eigenvalue weighted by molar-refractivity contribution is 6.16. The molecule has 0 aromatic heterocycles. The van der Waals surface area contributed by atoms with Crippen molar-refractivity contribution in [3.05, 3.63) is 23.8 Å². The van der Waals surface area contributed by atoms with Gasteiger partial charge in [-0.3, -0.25) is 4.79 Å². The van der Waals surface area contributed by atoms with Gasteiger partial charge in [0.25, 0.3) is 0 Å². The van der Waals surface area contributed by atoms with E-state index in [9.17, 15) is 4.79 Å². The molecule has 0 saturated heterocycles. The minimum atomic E-state index is -0.185. The Morgan fingerprint density at radius 3 is 2.73 bits per heavy atom. The van der Waals surface area contributed by atoms with Crippen molar-refractivity contribution in [1.29, 1.82) is 0 Å². The molecule has 22 heavy (non-hydrogen) atoms. The van der Waals surface area contributed by atoms with Gasteiger partial charge in [0.15, 0.2) is 0 Å². The van der Waals surface area contributed by atoms with Crippen LogP contribution in [0.5, 0.6) is 11.5 Å². The molecular formula is C17H22N2O3. The van der Waals surface area contributed by atoms with Crippen molar-refractivity contribution in [2.45, 2.75) is 32.7 Å². The summed E-state index contributed by atoms with van der Waals surface area (Å²) in [6.45, 7) is 4.27. The van der Waals surface area contributed by atoms with Crippen LogP contribution in [0.3, 0.4) is 0 Å². The summed E-state index contributed by atoms with van der Waals surface area (Å²) < 4.78 is 10.7. The second-order valence-corrected chi connectivity index (χ2v) is 6.79. The number of ether oxygens (including phenoxy) is 2. The van der Waals surface area contributed by atoms with Gasteiger partial charge in [0.2, 0.25) is 0 Å². The quantitative estimate of drug-likeness (QED) is 0.931. The summed E-state index contributed by atoms with van der Waals surface area (Å²) in [6, 6.07) is 5.68. The summed E-state index contributed by atoms with van der Waals surface area (Å²) in [6.07, 6.45) is 1.53. The number of benzene rings is 1. The Kier molecular flexibility index (Phi) is 3.59. The molecule has 1 N–H and O–H groups in total. The first kappa shape index (κ1) is 14.9. The Morgan fingerprint density at radius 2 is 2.05 bits per heavy atom. The van der Waals surface area contributed by atoms with Gasteiger partial charge in [0.05, 0.1) is 31.9 Å². The van der Waals surface area contributed by atoms with Gasteiger partial charge in [-0.15, -0.1) is 0 Å². The molecule has 1 aromatic rings. The van der Waals surface area contributed by atoms with Gasteiger partial charge in [-0.1, -0.05) is 13.8 Å². The standard InChI is InChI=1S/C17H22N2O3/c1-17(2)8-12-15(13(20)9-17)16(19-18-12)11-6-5-10(21-3)7-14(11)22-4/h5-7,12,15,18H,8-9H2,1-4H3/t12-,15+/m0/s1. The number of ketones is 1. The lowest BCUT2D eigenvalue weighted by Crippen LogP contribution is -2.45. The van der Waals surface area contributed by atoms with Crippen molar-refractivity contribution < 1.29 is 14.3 Å². The third-order valence-electron chi connectivity index (χ3n) is 4.50. The molecule has 5 heteroatoms. The molecule has 0 amide bonds. The number of rotatable bonds is 3. The minimum absolute atomic E-state index is 0.0280. The molecular weight excluding hydrogens is 280 g/mol. The average molecular weight is 302 g/mol. The van der Waals surface area contributed by atoms with Gasteiger partial charge in [-0.2, -0.15) is 5.10 Å². The van der Waals surface area contributed by atoms with Crippen LogP contribution in [0.15, 0.2) is 23.3 Å². The molecule has 1 fully saturated rings. The molecule has 1 saturated carbocycles. The van der Waals surface area contributed by atoms with Crippen LogP contribution in [0.1, 0.15) is 32.3 Å². The fourth-order valence-corrected chi connectivity index (χ4v) is 3.51. The van der Waals surface area contributed by atoms with Crippen molar-refractivity contribution in [2.24, 2.45) is 16.4 Å². The van der Waals surface area contributed by atoms with Crippen molar-refractivity contribution in [2.75, 3.05) is 14.2 Å². The Bertz CT molecular complexity index is 637. The van der Waals surface area contributed by atoms with E-state index in [1.165, 1.54) is 0 Å². The molecule has 0 radical (unpaired) electrons. The van der Waals surface area contributed by atoms with E-state index in [2.05, 4.69) is 24.4 Å². The third-order valence-corrected chi connectivity index (χ3v) is 4.50. The number of Topliss-reactive ketones (excluding diaryl/α,β-unsaturated/α-hetero) is 1. The van der Waals surface area contributed by atoms with Crippen LogP contribution in [0, 0.1) is 11.3 Å². The lowest BCUT2D eigenvalue weighted by atomic mass is 9.68. The molecule has 3 rings (SSSR count). The topological polar surface area (TPSA) is 59.9 Å². The second-order valence-electron chi connectivity index (χ2n) is 6.79. The van der Waals surface area contributed by atoms with Gasteiger partial charge >= 0.3 is 0 Å². The number of nitrogens with one attached hydrogen (secondary N) is 1. The molecule has 0 unspecified atom stereocenters. The van der Waals surface area contributed by atoms with Crippen molar-refractivity contribution in [3.8, 4) is 11.5 Å². The number of hydrogen-bond donors (Lipinski definition) is 1. The Labute approximate surface area is 130 Å². The number of fused-ring (bicyclic) bond motifs is 1. The lowest BCUT2D eigenvalue weighted by Gasteiger charge is -2.36. The molecule has 1 aliphatic carbocycles. The summed E-state index contributed by atoms with van der Waals surface area (Å²) in [5.41, 5.74) is 4.82. The van der Waals surface area contributed by atoms with Crippen LogP contribution in [0.25, 0.3) is 0 Å². The first-order chi connectivity index (χ1) is 10.4. The molecule has 0 spiro atoms. The molecule has 118 valence electrons. The maximum Gasteiger partial charge on any atom is 0.144 e. The Morgan fingerprint density at radius 1 is 1.27 bits per heavy atom. The summed E-state index contributed by atoms with van der Waals surface area (Å²) in [4.78, 5) is 12.6. The van der Waals surface area contributed by atoms with Crippen molar-refractivity contribution in [3.63, 3.8) is 0 Å². The molecule has 1 aromatic carbocycles. The van der Waals surface area contributed by atoms with Gasteiger partial charge < -0.3 is 14.9 Å². The molecule has 0 bridgehead atoms. The Hall–Kier alpha value is -2.04. The van der Waals surface area contributed by atoms with E-state index in [0.29, 0.717) is 12.2 Å². The number of carbonyl (C=O) groups is 1. The normalized spacial score (nSPS) is 26.0. The predicted octanol–water partition coefficient (Wildman–Crippen LogP) is 2.39. The van der Waals surface area contributed by atoms with E-state index in [0.717, 1.165) is 23.4 Å². The number of carbonyl (C=O) groups excluding carboxylic acids is 1. The Balaban J connectivity index is 1.95. The van der Waals surface area contributed by atoms with E-state index in [-0.39, 0.29) is 23.2 Å². The average Bonchev–Trinajstić information content (AvgIpc) is 2.88. The minimum Gasteiger partial charge on any atom is -0.497 e. The smallest absolute Gasteiger partial charge is 0.144 e. The third kappa shape index (κ3) is 2.45. The van der Waals surface area contributed by atoms with Crippen molar-refractivity contribution in [1.82, 2.24) is 5.43 Å². The predicted molar refractivity (Wildman–Crippen MR) is 84.5 cm³/mol. The second kappa shape index (κ2) is 5.30. The number of hydrogen-bond acceptors (Lipinski definition) is 5. The number of hydrazone groups is 1. The van der Waals surface area contributed by atoms with E-state index in [4.69, 9.17) is 9.47 Å². The molecule has 5 nitrogen and oxygen atoms in total. The van der Waals surface area contributed by atoms with Crippen LogP contribution < -0.4 is 14.9 Å². The van der Waals surface area contributed by atoms with Crippen LogP contribution >= 0.6 is 0 Å². The zero-order chi connectivity index (χ0) is 15.9. The highest BCUT2D eigenvalue weighted by Gasteiger charge is 2.46. The van der Waals surface area contributed by atoms with Gasteiger partial charge in [-0.05, 0) is 24.0 Å². The maximum atomic E-state index is 12.6. The number of nitrogens with zero attached hydrogens (tertiary/aromatic N) is 1. The first-order valence-corrected chi connectivity index (χ1v) is 7.53. The van der Waals surface area contributed by atoms with Crippen LogP contribution in [-0.2, 0) is 4.79 Å². The molecule has 1 heterocycles. The van der Waals surface area contributed by atoms with Gasteiger partial charge in [-0.25, -0.2) is 0 Å². The lowest BCUT2D eigenvalue weighted by molar-refractivity contribution is -0.126. The van der Waals surface area contributed by atoms with Gasteiger partial charge in [0.1, 0.15) is 17.3 Å². The SMILES string of the molecule is COc1ccc(C2=NN[C@H]3CC(C)(C)CC(=O)[C@H]23)c(OC)c1. The summed E-state index contributed by atoms with van der Waals surface area (Å²) >= 11 is 0. The summed E-state index contributed by atoms with van der Waals surface area (Å²) in [5.74, 6) is 1.47. The monoisotopic (exact) mass is 302 g/mol. The first-order valence-electron chi connectivity index (χ1n) is 7.53.